The van der Waals surface area contributed by atoms with E-state index in [2.05, 4.69) is 4.98 Å². The molecule has 0 fully saturated rings. The maximum atomic E-state index is 12.1. The molecule has 0 amide bonds. The fourth-order valence-corrected chi connectivity index (χ4v) is 2.38. The van der Waals surface area contributed by atoms with Crippen molar-refractivity contribution >= 4 is 23.3 Å². The highest BCUT2D eigenvalue weighted by atomic mass is 32.1. The molecule has 1 aromatic heterocycles. The summed E-state index contributed by atoms with van der Waals surface area (Å²) in [4.78, 5) is 3.07. The zero-order valence-corrected chi connectivity index (χ0v) is 11.4. The maximum Gasteiger partial charge on any atom is 0.389 e. The Morgan fingerprint density at radius 3 is 2.68 bits per heavy atom. The van der Waals surface area contributed by atoms with Crippen molar-refractivity contribution in [1.82, 2.24) is 9.55 Å². The minimum absolute atomic E-state index is 0.129. The van der Waals surface area contributed by atoms with Crippen LogP contribution < -0.4 is 0 Å². The van der Waals surface area contributed by atoms with Crippen LogP contribution in [0.25, 0.3) is 11.0 Å². The lowest BCUT2D eigenvalue weighted by atomic mass is 10.2. The van der Waals surface area contributed by atoms with Gasteiger partial charge in [-0.2, -0.15) is 13.2 Å². The van der Waals surface area contributed by atoms with Gasteiger partial charge in [-0.3, -0.25) is 0 Å². The zero-order chi connectivity index (χ0) is 14.0. The van der Waals surface area contributed by atoms with E-state index in [0.717, 1.165) is 16.6 Å². The second-order valence-electron chi connectivity index (χ2n) is 4.67. The van der Waals surface area contributed by atoms with Gasteiger partial charge in [0.2, 0.25) is 0 Å². The summed E-state index contributed by atoms with van der Waals surface area (Å²) >= 11 is 5.20. The van der Waals surface area contributed by atoms with Crippen LogP contribution in [0.15, 0.2) is 18.2 Å². The molecule has 0 aliphatic rings. The van der Waals surface area contributed by atoms with Gasteiger partial charge in [-0.25, -0.2) is 0 Å². The number of rotatable bonds is 4. The summed E-state index contributed by atoms with van der Waals surface area (Å²) in [5.74, 6) is 0. The number of nitrogens with one attached hydrogen (secondary N) is 1. The first-order valence-corrected chi connectivity index (χ1v) is 6.53. The Morgan fingerprint density at radius 1 is 1.26 bits per heavy atom. The smallest absolute Gasteiger partial charge is 0.331 e. The van der Waals surface area contributed by atoms with E-state index >= 15 is 0 Å². The van der Waals surface area contributed by atoms with Crippen molar-refractivity contribution in [3.8, 4) is 0 Å². The number of nitrogens with zero attached hydrogens (tertiary/aromatic N) is 1. The van der Waals surface area contributed by atoms with Gasteiger partial charge >= 0.3 is 6.18 Å². The summed E-state index contributed by atoms with van der Waals surface area (Å²) in [5, 5.41) is 0. The highest BCUT2D eigenvalue weighted by molar-refractivity contribution is 7.71. The SMILES string of the molecule is Cc1ccc2[nH]c(=S)n(CCCCC(F)(F)F)c2c1. The first kappa shape index (κ1) is 14.1. The lowest BCUT2D eigenvalue weighted by molar-refractivity contribution is -0.135. The van der Waals surface area contributed by atoms with E-state index in [-0.39, 0.29) is 6.42 Å². The van der Waals surface area contributed by atoms with Crippen LogP contribution in [0.2, 0.25) is 0 Å². The van der Waals surface area contributed by atoms with E-state index in [0.29, 0.717) is 17.7 Å². The molecule has 1 N–H and O–H groups in total. The number of fused-ring (bicyclic) bond motifs is 1. The third-order valence-electron chi connectivity index (χ3n) is 3.02. The average Bonchev–Trinajstić information content (AvgIpc) is 2.59. The number of hydrogen-bond acceptors (Lipinski definition) is 1. The number of hydrogen-bond donors (Lipinski definition) is 1. The van der Waals surface area contributed by atoms with Crippen molar-refractivity contribution in [2.45, 2.75) is 38.9 Å². The monoisotopic (exact) mass is 288 g/mol. The third-order valence-corrected chi connectivity index (χ3v) is 3.35. The molecule has 0 spiro atoms. The van der Waals surface area contributed by atoms with Crippen molar-refractivity contribution in [2.24, 2.45) is 0 Å². The topological polar surface area (TPSA) is 20.7 Å². The highest BCUT2D eigenvalue weighted by Crippen LogP contribution is 2.23. The van der Waals surface area contributed by atoms with Gasteiger partial charge in [0.25, 0.3) is 0 Å². The average molecular weight is 288 g/mol. The van der Waals surface area contributed by atoms with Crippen LogP contribution >= 0.6 is 12.2 Å². The fraction of sp³-hybridized carbons (Fsp3) is 0.462. The third kappa shape index (κ3) is 3.59. The predicted octanol–water partition coefficient (Wildman–Crippen LogP) is 4.74. The van der Waals surface area contributed by atoms with Gasteiger partial charge < -0.3 is 9.55 Å². The molecule has 2 rings (SSSR count). The minimum atomic E-state index is -4.07. The molecule has 0 aliphatic carbocycles. The van der Waals surface area contributed by atoms with Crippen LogP contribution in [0.4, 0.5) is 13.2 Å². The number of halogens is 3. The van der Waals surface area contributed by atoms with E-state index in [4.69, 9.17) is 12.2 Å². The number of H-pyrrole nitrogens is 1. The number of aromatic amines is 1. The summed E-state index contributed by atoms with van der Waals surface area (Å²) in [5.41, 5.74) is 2.98. The molecule has 0 atom stereocenters. The summed E-state index contributed by atoms with van der Waals surface area (Å²) < 4.78 is 38.7. The van der Waals surface area contributed by atoms with E-state index in [1.165, 1.54) is 0 Å². The number of alkyl halides is 3. The molecule has 0 radical (unpaired) electrons. The number of aromatic nitrogens is 2. The van der Waals surface area contributed by atoms with Crippen molar-refractivity contribution in [1.29, 1.82) is 0 Å². The molecule has 0 saturated carbocycles. The molecule has 2 aromatic rings. The summed E-state index contributed by atoms with van der Waals surface area (Å²) in [6.07, 6.45) is -4.21. The van der Waals surface area contributed by atoms with E-state index in [1.807, 2.05) is 29.7 Å². The zero-order valence-electron chi connectivity index (χ0n) is 10.5. The predicted molar refractivity (Wildman–Crippen MR) is 71.8 cm³/mol. The largest absolute Gasteiger partial charge is 0.389 e. The van der Waals surface area contributed by atoms with Crippen molar-refractivity contribution in [3.63, 3.8) is 0 Å². The van der Waals surface area contributed by atoms with E-state index < -0.39 is 12.6 Å². The van der Waals surface area contributed by atoms with Gasteiger partial charge in [0, 0.05) is 13.0 Å². The Labute approximate surface area is 114 Å². The molecule has 2 nitrogen and oxygen atoms in total. The normalized spacial score (nSPS) is 12.2. The van der Waals surface area contributed by atoms with Crippen LogP contribution in [0, 0.1) is 11.7 Å². The fourth-order valence-electron chi connectivity index (χ4n) is 2.08. The Kier molecular flexibility index (Phi) is 3.99. The van der Waals surface area contributed by atoms with E-state index in [1.54, 1.807) is 0 Å². The number of benzene rings is 1. The maximum absolute atomic E-state index is 12.1. The van der Waals surface area contributed by atoms with Crippen LogP contribution in [0.1, 0.15) is 24.8 Å². The number of imidazole rings is 1. The Morgan fingerprint density at radius 2 is 2.00 bits per heavy atom. The summed E-state index contributed by atoms with van der Waals surface area (Å²) in [6, 6.07) is 5.90. The second-order valence-corrected chi connectivity index (χ2v) is 5.06. The molecule has 0 aliphatic heterocycles. The van der Waals surface area contributed by atoms with Gasteiger partial charge in [-0.15, -0.1) is 0 Å². The van der Waals surface area contributed by atoms with Gasteiger partial charge in [0.05, 0.1) is 11.0 Å². The molecule has 0 bridgehead atoms. The molecule has 104 valence electrons. The summed E-state index contributed by atoms with van der Waals surface area (Å²) in [7, 11) is 0. The molecule has 0 unspecified atom stereocenters. The molecular weight excluding hydrogens is 273 g/mol. The summed E-state index contributed by atoms with van der Waals surface area (Å²) in [6.45, 7) is 2.49. The Bertz CT molecular complexity index is 625. The van der Waals surface area contributed by atoms with Gasteiger partial charge in [0.1, 0.15) is 0 Å². The van der Waals surface area contributed by atoms with Crippen molar-refractivity contribution in [2.75, 3.05) is 0 Å². The lowest BCUT2D eigenvalue weighted by Crippen LogP contribution is -2.07. The number of aryl methyl sites for hydroxylation is 2. The molecule has 6 heteroatoms. The second kappa shape index (κ2) is 5.36. The Balaban J connectivity index is 2.10. The quantitative estimate of drug-likeness (QED) is 0.636. The van der Waals surface area contributed by atoms with Crippen molar-refractivity contribution < 1.29 is 13.2 Å². The molecule has 1 heterocycles. The van der Waals surface area contributed by atoms with Crippen LogP contribution in [-0.4, -0.2) is 15.7 Å². The van der Waals surface area contributed by atoms with Gasteiger partial charge in [-0.05, 0) is 49.7 Å². The molecule has 19 heavy (non-hydrogen) atoms. The first-order chi connectivity index (χ1) is 8.87. The minimum Gasteiger partial charge on any atom is -0.331 e. The standard InChI is InChI=1S/C13H15F3N2S/c1-9-4-5-10-11(8-9)18(12(19)17-10)7-3-2-6-13(14,15)16/h4-5,8H,2-3,6-7H2,1H3,(H,17,19). The van der Waals surface area contributed by atoms with Crippen molar-refractivity contribution in [3.05, 3.63) is 28.5 Å². The molecule has 0 saturated heterocycles. The molecular formula is C13H15F3N2S. The van der Waals surface area contributed by atoms with Gasteiger partial charge in [0.15, 0.2) is 4.77 Å². The molecule has 1 aromatic carbocycles. The number of unbranched alkanes of at least 4 members (excludes halogenated alkanes) is 1. The first-order valence-electron chi connectivity index (χ1n) is 6.13. The van der Waals surface area contributed by atoms with E-state index in [9.17, 15) is 13.2 Å². The van der Waals surface area contributed by atoms with Crippen LogP contribution in [-0.2, 0) is 6.54 Å². The lowest BCUT2D eigenvalue weighted by Gasteiger charge is -2.07. The van der Waals surface area contributed by atoms with Gasteiger partial charge in [-0.1, -0.05) is 6.07 Å². The Hall–Kier alpha value is -1.30. The van der Waals surface area contributed by atoms with Crippen LogP contribution in [0.5, 0.6) is 0 Å². The highest BCUT2D eigenvalue weighted by Gasteiger charge is 2.25. The van der Waals surface area contributed by atoms with Crippen LogP contribution in [0.3, 0.4) is 0 Å².